The smallest absolute Gasteiger partial charge is 0.123 e. The summed E-state index contributed by atoms with van der Waals surface area (Å²) < 4.78 is 18.3. The lowest BCUT2D eigenvalue weighted by Crippen LogP contribution is -2.33. The normalized spacial score (nSPS) is 22.2. The number of hydrogen-bond donors (Lipinski definition) is 2. The van der Waals surface area contributed by atoms with Crippen LogP contribution in [0, 0.1) is 5.82 Å². The number of phenolic OH excluding ortho intramolecular Hbond substituents is 1. The summed E-state index contributed by atoms with van der Waals surface area (Å²) in [6, 6.07) is 3.89. The number of hydrogen-bond acceptors (Lipinski definition) is 3. The minimum absolute atomic E-state index is 0.0834. The van der Waals surface area contributed by atoms with E-state index < -0.39 is 0 Å². The van der Waals surface area contributed by atoms with Crippen LogP contribution in [0.25, 0.3) is 0 Å². The summed E-state index contributed by atoms with van der Waals surface area (Å²) in [7, 11) is 0. The number of halogens is 1. The molecule has 1 fully saturated rings. The Morgan fingerprint density at radius 3 is 3.07 bits per heavy atom. The summed E-state index contributed by atoms with van der Waals surface area (Å²) in [5, 5.41) is 12.6. The Kier molecular flexibility index (Phi) is 2.65. The van der Waals surface area contributed by atoms with Crippen molar-refractivity contribution in [3.05, 3.63) is 29.6 Å². The molecule has 0 aromatic heterocycles. The fourth-order valence-corrected chi connectivity index (χ4v) is 1.55. The van der Waals surface area contributed by atoms with E-state index in [1.807, 2.05) is 0 Å². The molecule has 0 bridgehead atoms. The fraction of sp³-hybridized carbons (Fsp3) is 0.400. The van der Waals surface area contributed by atoms with E-state index in [0.29, 0.717) is 18.7 Å². The molecule has 14 heavy (non-hydrogen) atoms. The van der Waals surface area contributed by atoms with Gasteiger partial charge >= 0.3 is 0 Å². The average Bonchev–Trinajstić information content (AvgIpc) is 2.23. The first-order chi connectivity index (χ1) is 6.77. The van der Waals surface area contributed by atoms with E-state index in [0.717, 1.165) is 6.54 Å². The standard InChI is InChI=1S/C10H12FNO2/c11-7-1-2-9(13)8(5-7)10-6-12-3-4-14-10/h1-2,5,10,12-13H,3-4,6H2. The molecule has 0 spiro atoms. The molecule has 1 aliphatic rings. The Morgan fingerprint density at radius 1 is 1.50 bits per heavy atom. The van der Waals surface area contributed by atoms with Crippen molar-refractivity contribution < 1.29 is 14.2 Å². The first-order valence-corrected chi connectivity index (χ1v) is 4.58. The summed E-state index contributed by atoms with van der Waals surface area (Å²) in [5.74, 6) is -0.271. The highest BCUT2D eigenvalue weighted by Crippen LogP contribution is 2.27. The lowest BCUT2D eigenvalue weighted by atomic mass is 10.1. The van der Waals surface area contributed by atoms with Gasteiger partial charge in [-0.3, -0.25) is 0 Å². The quantitative estimate of drug-likeness (QED) is 0.710. The van der Waals surface area contributed by atoms with Crippen LogP contribution in [0.1, 0.15) is 11.7 Å². The van der Waals surface area contributed by atoms with E-state index in [4.69, 9.17) is 4.74 Å². The molecule has 2 N–H and O–H groups in total. The molecular weight excluding hydrogens is 185 g/mol. The largest absolute Gasteiger partial charge is 0.508 e. The second kappa shape index (κ2) is 3.94. The zero-order valence-corrected chi connectivity index (χ0v) is 7.66. The van der Waals surface area contributed by atoms with E-state index >= 15 is 0 Å². The molecule has 2 rings (SSSR count). The maximum atomic E-state index is 12.9. The first-order valence-electron chi connectivity index (χ1n) is 4.58. The van der Waals surface area contributed by atoms with Crippen molar-refractivity contribution in [1.29, 1.82) is 0 Å². The van der Waals surface area contributed by atoms with Crippen LogP contribution < -0.4 is 5.32 Å². The van der Waals surface area contributed by atoms with Crippen molar-refractivity contribution in [2.24, 2.45) is 0 Å². The molecule has 1 aromatic rings. The van der Waals surface area contributed by atoms with E-state index in [1.165, 1.54) is 18.2 Å². The molecule has 1 heterocycles. The number of aromatic hydroxyl groups is 1. The van der Waals surface area contributed by atoms with Gasteiger partial charge in [0, 0.05) is 18.7 Å². The van der Waals surface area contributed by atoms with E-state index in [2.05, 4.69) is 5.32 Å². The Hall–Kier alpha value is -1.13. The maximum Gasteiger partial charge on any atom is 0.123 e. The Labute approximate surface area is 81.5 Å². The summed E-state index contributed by atoms with van der Waals surface area (Å²) in [6.07, 6.45) is -0.251. The molecule has 1 unspecified atom stereocenters. The predicted molar refractivity (Wildman–Crippen MR) is 49.6 cm³/mol. The lowest BCUT2D eigenvalue weighted by molar-refractivity contribution is 0.0261. The van der Waals surface area contributed by atoms with Crippen LogP contribution in [0.3, 0.4) is 0 Å². The van der Waals surface area contributed by atoms with Gasteiger partial charge in [-0.15, -0.1) is 0 Å². The van der Waals surface area contributed by atoms with Crippen LogP contribution in [0.2, 0.25) is 0 Å². The van der Waals surface area contributed by atoms with Crippen molar-refractivity contribution >= 4 is 0 Å². The summed E-state index contributed by atoms with van der Waals surface area (Å²) in [6.45, 7) is 1.99. The number of ether oxygens (including phenoxy) is 1. The average molecular weight is 197 g/mol. The Bertz CT molecular complexity index is 324. The molecule has 0 saturated carbocycles. The van der Waals surface area contributed by atoms with Crippen LogP contribution in [0.4, 0.5) is 4.39 Å². The van der Waals surface area contributed by atoms with Gasteiger partial charge < -0.3 is 15.2 Å². The number of morpholine rings is 1. The Balaban J connectivity index is 2.24. The van der Waals surface area contributed by atoms with Gasteiger partial charge in [-0.25, -0.2) is 4.39 Å². The van der Waals surface area contributed by atoms with Gasteiger partial charge in [0.05, 0.1) is 12.7 Å². The molecular formula is C10H12FNO2. The minimum atomic E-state index is -0.355. The minimum Gasteiger partial charge on any atom is -0.508 e. The molecule has 1 aliphatic heterocycles. The third kappa shape index (κ3) is 1.86. The number of rotatable bonds is 1. The third-order valence-corrected chi connectivity index (χ3v) is 2.26. The van der Waals surface area contributed by atoms with Crippen LogP contribution in [0.5, 0.6) is 5.75 Å². The van der Waals surface area contributed by atoms with E-state index in [1.54, 1.807) is 0 Å². The van der Waals surface area contributed by atoms with Gasteiger partial charge in [-0.1, -0.05) is 0 Å². The van der Waals surface area contributed by atoms with Crippen molar-refractivity contribution in [2.75, 3.05) is 19.7 Å². The SMILES string of the molecule is Oc1ccc(F)cc1C1CNCCO1. The molecule has 0 aliphatic carbocycles. The molecule has 3 nitrogen and oxygen atoms in total. The topological polar surface area (TPSA) is 41.5 Å². The van der Waals surface area contributed by atoms with Crippen molar-refractivity contribution in [2.45, 2.75) is 6.10 Å². The van der Waals surface area contributed by atoms with Gasteiger partial charge in [-0.05, 0) is 18.2 Å². The van der Waals surface area contributed by atoms with Gasteiger partial charge in [0.15, 0.2) is 0 Å². The molecule has 1 atom stereocenters. The monoisotopic (exact) mass is 197 g/mol. The predicted octanol–water partition coefficient (Wildman–Crippen LogP) is 1.19. The summed E-state index contributed by atoms with van der Waals surface area (Å²) in [4.78, 5) is 0. The number of benzene rings is 1. The number of phenols is 1. The van der Waals surface area contributed by atoms with Gasteiger partial charge in [0.1, 0.15) is 11.6 Å². The Morgan fingerprint density at radius 2 is 2.36 bits per heavy atom. The summed E-state index contributed by atoms with van der Waals surface area (Å²) >= 11 is 0. The molecule has 1 aromatic carbocycles. The zero-order chi connectivity index (χ0) is 9.97. The molecule has 76 valence electrons. The van der Waals surface area contributed by atoms with Crippen LogP contribution in [0.15, 0.2) is 18.2 Å². The fourth-order valence-electron chi connectivity index (χ4n) is 1.55. The highest BCUT2D eigenvalue weighted by Gasteiger charge is 2.19. The summed E-state index contributed by atoms with van der Waals surface area (Å²) in [5.41, 5.74) is 0.511. The van der Waals surface area contributed by atoms with Crippen molar-refractivity contribution in [1.82, 2.24) is 5.32 Å². The second-order valence-corrected chi connectivity index (χ2v) is 3.27. The van der Waals surface area contributed by atoms with Crippen molar-refractivity contribution in [3.63, 3.8) is 0 Å². The van der Waals surface area contributed by atoms with Crippen LogP contribution in [-0.4, -0.2) is 24.8 Å². The first kappa shape index (κ1) is 9.43. The lowest BCUT2D eigenvalue weighted by Gasteiger charge is -2.24. The zero-order valence-electron chi connectivity index (χ0n) is 7.66. The van der Waals surface area contributed by atoms with Gasteiger partial charge in [0.25, 0.3) is 0 Å². The van der Waals surface area contributed by atoms with Gasteiger partial charge in [0.2, 0.25) is 0 Å². The maximum absolute atomic E-state index is 12.9. The molecule has 0 radical (unpaired) electrons. The van der Waals surface area contributed by atoms with E-state index in [9.17, 15) is 9.50 Å². The van der Waals surface area contributed by atoms with E-state index in [-0.39, 0.29) is 17.7 Å². The van der Waals surface area contributed by atoms with Crippen molar-refractivity contribution in [3.8, 4) is 5.75 Å². The second-order valence-electron chi connectivity index (χ2n) is 3.27. The van der Waals surface area contributed by atoms with Crippen LogP contribution in [-0.2, 0) is 4.74 Å². The highest BCUT2D eigenvalue weighted by molar-refractivity contribution is 5.34. The highest BCUT2D eigenvalue weighted by atomic mass is 19.1. The van der Waals surface area contributed by atoms with Gasteiger partial charge in [-0.2, -0.15) is 0 Å². The molecule has 4 heteroatoms. The number of nitrogens with one attached hydrogen (secondary N) is 1. The molecule has 0 amide bonds. The van der Waals surface area contributed by atoms with Crippen LogP contribution >= 0.6 is 0 Å². The third-order valence-electron chi connectivity index (χ3n) is 2.26. The molecule has 1 saturated heterocycles.